The van der Waals surface area contributed by atoms with Crippen molar-refractivity contribution in [1.29, 1.82) is 0 Å². The molecule has 1 unspecified atom stereocenters. The van der Waals surface area contributed by atoms with Crippen LogP contribution < -0.4 is 15.2 Å². The number of aliphatic hydroxyl groups is 1. The molecular weight excluding hydrogens is 296 g/mol. The predicted molar refractivity (Wildman–Crippen MR) is 80.6 cm³/mol. The second-order valence-electron chi connectivity index (χ2n) is 4.52. The van der Waals surface area contributed by atoms with Crippen LogP contribution in [0.15, 0.2) is 24.3 Å². The van der Waals surface area contributed by atoms with E-state index in [9.17, 15) is 8.42 Å². The quantitative estimate of drug-likeness (QED) is 0.522. The molecule has 0 aliphatic heterocycles. The number of ether oxygens (including phenoxy) is 2. The molecule has 0 aromatic heterocycles. The zero-order valence-electron chi connectivity index (χ0n) is 12.0. The van der Waals surface area contributed by atoms with E-state index in [1.54, 1.807) is 24.3 Å². The summed E-state index contributed by atoms with van der Waals surface area (Å²) in [6, 6.07) is 6.33. The van der Waals surface area contributed by atoms with Gasteiger partial charge in [0.1, 0.15) is 12.4 Å². The number of hydrogen-bond donors (Lipinski definition) is 3. The number of rotatable bonds is 10. The molecule has 0 saturated carbocycles. The average molecular weight is 318 g/mol. The minimum Gasteiger partial charge on any atom is -0.492 e. The monoisotopic (exact) mass is 318 g/mol. The van der Waals surface area contributed by atoms with E-state index in [0.717, 1.165) is 0 Å². The fourth-order valence-corrected chi connectivity index (χ4v) is 2.83. The SMILES string of the molecule is COCC(CCO)NS(=O)(=O)CCOc1cccc(N)c1. The first-order valence-corrected chi connectivity index (χ1v) is 8.20. The summed E-state index contributed by atoms with van der Waals surface area (Å²) in [5.74, 6) is 0.335. The van der Waals surface area contributed by atoms with Crippen molar-refractivity contribution in [2.75, 3.05) is 38.4 Å². The Bertz CT molecular complexity index is 515. The first-order chi connectivity index (χ1) is 9.96. The molecule has 1 aromatic carbocycles. The second-order valence-corrected chi connectivity index (χ2v) is 6.40. The van der Waals surface area contributed by atoms with Crippen molar-refractivity contribution in [2.24, 2.45) is 0 Å². The maximum Gasteiger partial charge on any atom is 0.215 e. The highest BCUT2D eigenvalue weighted by molar-refractivity contribution is 7.89. The number of sulfonamides is 1. The van der Waals surface area contributed by atoms with E-state index < -0.39 is 16.1 Å². The number of nitrogen functional groups attached to an aromatic ring is 1. The molecule has 8 heteroatoms. The molecule has 21 heavy (non-hydrogen) atoms. The van der Waals surface area contributed by atoms with Crippen molar-refractivity contribution in [3.05, 3.63) is 24.3 Å². The lowest BCUT2D eigenvalue weighted by molar-refractivity contribution is 0.158. The van der Waals surface area contributed by atoms with Crippen LogP contribution in [0, 0.1) is 0 Å². The number of aliphatic hydroxyl groups excluding tert-OH is 1. The van der Waals surface area contributed by atoms with Crippen molar-refractivity contribution in [3.8, 4) is 5.75 Å². The van der Waals surface area contributed by atoms with Gasteiger partial charge in [0, 0.05) is 31.5 Å². The van der Waals surface area contributed by atoms with E-state index in [1.807, 2.05) is 0 Å². The summed E-state index contributed by atoms with van der Waals surface area (Å²) in [7, 11) is -2.03. The standard InChI is InChI=1S/C13H22N2O5S/c1-19-10-12(5-6-16)15-21(17,18)8-7-20-13-4-2-3-11(14)9-13/h2-4,9,12,15-16H,5-8,10,14H2,1H3. The lowest BCUT2D eigenvalue weighted by atomic mass is 10.2. The zero-order chi connectivity index (χ0) is 15.7. The summed E-state index contributed by atoms with van der Waals surface area (Å²) in [5.41, 5.74) is 6.15. The van der Waals surface area contributed by atoms with E-state index in [2.05, 4.69) is 4.72 Å². The fourth-order valence-electron chi connectivity index (χ4n) is 1.72. The van der Waals surface area contributed by atoms with Crippen LogP contribution in [0.1, 0.15) is 6.42 Å². The van der Waals surface area contributed by atoms with Gasteiger partial charge in [-0.05, 0) is 18.6 Å². The minimum atomic E-state index is -3.50. The summed E-state index contributed by atoms with van der Waals surface area (Å²) in [5, 5.41) is 8.88. The Morgan fingerprint density at radius 1 is 1.43 bits per heavy atom. The molecule has 0 bridgehead atoms. The molecule has 4 N–H and O–H groups in total. The van der Waals surface area contributed by atoms with Crippen molar-refractivity contribution in [3.63, 3.8) is 0 Å². The number of nitrogens with two attached hydrogens (primary N) is 1. The predicted octanol–water partition coefficient (Wildman–Crippen LogP) is -0.0356. The van der Waals surface area contributed by atoms with Crippen LogP contribution in [0.25, 0.3) is 0 Å². The molecule has 1 aromatic rings. The topological polar surface area (TPSA) is 111 Å². The smallest absolute Gasteiger partial charge is 0.215 e. The summed E-state index contributed by atoms with van der Waals surface area (Å²) in [6.07, 6.45) is 0.295. The van der Waals surface area contributed by atoms with Crippen LogP contribution in [0.4, 0.5) is 5.69 Å². The average Bonchev–Trinajstić information content (AvgIpc) is 2.38. The molecule has 0 radical (unpaired) electrons. The molecule has 1 rings (SSSR count). The lowest BCUT2D eigenvalue weighted by Crippen LogP contribution is -2.40. The van der Waals surface area contributed by atoms with Gasteiger partial charge in [-0.25, -0.2) is 13.1 Å². The number of benzene rings is 1. The third-order valence-corrected chi connectivity index (χ3v) is 4.07. The summed E-state index contributed by atoms with van der Waals surface area (Å²) < 4.78 is 36.5. The summed E-state index contributed by atoms with van der Waals surface area (Å²) in [4.78, 5) is 0. The highest BCUT2D eigenvalue weighted by atomic mass is 32.2. The zero-order valence-corrected chi connectivity index (χ0v) is 12.8. The van der Waals surface area contributed by atoms with Gasteiger partial charge >= 0.3 is 0 Å². The normalized spacial score (nSPS) is 13.0. The molecule has 120 valence electrons. The number of methoxy groups -OCH3 is 1. The molecule has 0 amide bonds. The maximum atomic E-state index is 11.9. The first kappa shape index (κ1) is 17.7. The third-order valence-electron chi connectivity index (χ3n) is 2.67. The third kappa shape index (κ3) is 7.28. The van der Waals surface area contributed by atoms with Gasteiger partial charge in [0.2, 0.25) is 10.0 Å². The van der Waals surface area contributed by atoms with Gasteiger partial charge in [-0.2, -0.15) is 0 Å². The van der Waals surface area contributed by atoms with Gasteiger partial charge in [-0.1, -0.05) is 6.07 Å². The lowest BCUT2D eigenvalue weighted by Gasteiger charge is -2.17. The Balaban J connectivity index is 2.44. The van der Waals surface area contributed by atoms with Crippen LogP contribution >= 0.6 is 0 Å². The molecule has 1 atom stereocenters. The van der Waals surface area contributed by atoms with Crippen LogP contribution in [0.2, 0.25) is 0 Å². The van der Waals surface area contributed by atoms with Crippen LogP contribution in [-0.2, 0) is 14.8 Å². The van der Waals surface area contributed by atoms with Crippen molar-refractivity contribution in [2.45, 2.75) is 12.5 Å². The minimum absolute atomic E-state index is 0.0115. The Kier molecular flexibility index (Phi) is 7.44. The van der Waals surface area contributed by atoms with E-state index in [-0.39, 0.29) is 25.6 Å². The Labute approximate surface area is 125 Å². The summed E-state index contributed by atoms with van der Waals surface area (Å²) in [6.45, 7) is 0.101. The van der Waals surface area contributed by atoms with Gasteiger partial charge in [0.25, 0.3) is 0 Å². The molecule has 0 heterocycles. The molecular formula is C13H22N2O5S. The summed E-state index contributed by atoms with van der Waals surface area (Å²) >= 11 is 0. The highest BCUT2D eigenvalue weighted by Gasteiger charge is 2.17. The van der Waals surface area contributed by atoms with Crippen molar-refractivity contribution < 1.29 is 23.0 Å². The van der Waals surface area contributed by atoms with E-state index >= 15 is 0 Å². The second kappa shape index (κ2) is 8.83. The van der Waals surface area contributed by atoms with Gasteiger partial charge in [-0.15, -0.1) is 0 Å². The molecule has 0 aliphatic rings. The van der Waals surface area contributed by atoms with Crippen LogP contribution in [0.5, 0.6) is 5.75 Å². The molecule has 0 saturated heterocycles. The highest BCUT2D eigenvalue weighted by Crippen LogP contribution is 2.14. The Morgan fingerprint density at radius 3 is 2.81 bits per heavy atom. The molecule has 0 fully saturated rings. The van der Waals surface area contributed by atoms with E-state index in [0.29, 0.717) is 17.9 Å². The Hall–Kier alpha value is -1.35. The number of hydrogen-bond acceptors (Lipinski definition) is 6. The molecule has 7 nitrogen and oxygen atoms in total. The van der Waals surface area contributed by atoms with E-state index in [4.69, 9.17) is 20.3 Å². The van der Waals surface area contributed by atoms with Crippen molar-refractivity contribution in [1.82, 2.24) is 4.72 Å². The van der Waals surface area contributed by atoms with Crippen LogP contribution in [0.3, 0.4) is 0 Å². The van der Waals surface area contributed by atoms with Crippen molar-refractivity contribution >= 4 is 15.7 Å². The largest absolute Gasteiger partial charge is 0.492 e. The first-order valence-electron chi connectivity index (χ1n) is 6.55. The van der Waals surface area contributed by atoms with Gasteiger partial charge in [-0.3, -0.25) is 0 Å². The molecule has 0 spiro atoms. The fraction of sp³-hybridized carbons (Fsp3) is 0.538. The number of nitrogens with one attached hydrogen (secondary N) is 1. The van der Waals surface area contributed by atoms with E-state index in [1.165, 1.54) is 7.11 Å². The van der Waals surface area contributed by atoms with Crippen LogP contribution in [-0.4, -0.2) is 52.2 Å². The maximum absolute atomic E-state index is 11.9. The van der Waals surface area contributed by atoms with Gasteiger partial charge in [0.05, 0.1) is 12.4 Å². The Morgan fingerprint density at radius 2 is 2.19 bits per heavy atom. The number of anilines is 1. The van der Waals surface area contributed by atoms with Gasteiger partial charge < -0.3 is 20.3 Å². The molecule has 0 aliphatic carbocycles. The van der Waals surface area contributed by atoms with Gasteiger partial charge in [0.15, 0.2) is 0 Å².